The van der Waals surface area contributed by atoms with Crippen LogP contribution in [0.3, 0.4) is 0 Å². The summed E-state index contributed by atoms with van der Waals surface area (Å²) in [4.78, 5) is 26.0. The van der Waals surface area contributed by atoms with Gasteiger partial charge in [-0.3, -0.25) is 9.59 Å². The summed E-state index contributed by atoms with van der Waals surface area (Å²) in [7, 11) is 1.52. The van der Waals surface area contributed by atoms with Crippen molar-refractivity contribution in [1.29, 1.82) is 5.26 Å². The molecule has 2 amide bonds. The summed E-state index contributed by atoms with van der Waals surface area (Å²) in [5, 5.41) is 11.5. The van der Waals surface area contributed by atoms with Crippen LogP contribution >= 0.6 is 0 Å². The highest BCUT2D eigenvalue weighted by atomic mass is 16.5. The van der Waals surface area contributed by atoms with Gasteiger partial charge in [-0.25, -0.2) is 0 Å². The van der Waals surface area contributed by atoms with Crippen LogP contribution in [0.15, 0.2) is 48.5 Å². The zero-order valence-electron chi connectivity index (χ0n) is 19.3. The summed E-state index contributed by atoms with van der Waals surface area (Å²) in [6, 6.07) is 15.0. The number of piperidine rings is 1. The number of methoxy groups -OCH3 is 1. The molecule has 34 heavy (non-hydrogen) atoms. The Hall–Kier alpha value is -3.83. The summed E-state index contributed by atoms with van der Waals surface area (Å²) in [6.45, 7) is 2.66. The lowest BCUT2D eigenvalue weighted by Gasteiger charge is -2.30. The first-order chi connectivity index (χ1) is 16.5. The van der Waals surface area contributed by atoms with Gasteiger partial charge in [0, 0.05) is 24.2 Å². The van der Waals surface area contributed by atoms with Crippen molar-refractivity contribution in [3.8, 4) is 17.6 Å². The van der Waals surface area contributed by atoms with Crippen LogP contribution in [0.5, 0.6) is 11.5 Å². The van der Waals surface area contributed by atoms with Gasteiger partial charge in [0.15, 0.2) is 18.1 Å². The molecule has 1 fully saturated rings. The quantitative estimate of drug-likeness (QED) is 0.524. The van der Waals surface area contributed by atoms with Crippen molar-refractivity contribution in [3.63, 3.8) is 0 Å². The van der Waals surface area contributed by atoms with Crippen molar-refractivity contribution in [1.82, 2.24) is 4.90 Å². The topological polar surface area (TPSA) is 118 Å². The van der Waals surface area contributed by atoms with E-state index in [0.29, 0.717) is 11.5 Å². The molecule has 8 nitrogen and oxygen atoms in total. The Morgan fingerprint density at radius 3 is 2.56 bits per heavy atom. The number of amides is 2. The summed E-state index contributed by atoms with van der Waals surface area (Å²) >= 11 is 0. The van der Waals surface area contributed by atoms with E-state index in [2.05, 4.69) is 10.2 Å². The third-order valence-electron chi connectivity index (χ3n) is 5.84. The number of nitrogens with zero attached hydrogens (tertiary/aromatic N) is 2. The number of primary amides is 1. The summed E-state index contributed by atoms with van der Waals surface area (Å²) in [5.41, 5.74) is 8.08. The zero-order valence-corrected chi connectivity index (χ0v) is 19.3. The Labute approximate surface area is 199 Å². The van der Waals surface area contributed by atoms with E-state index in [1.54, 1.807) is 24.3 Å². The van der Waals surface area contributed by atoms with E-state index in [4.69, 9.17) is 20.5 Å². The van der Waals surface area contributed by atoms with Gasteiger partial charge in [-0.2, -0.15) is 5.26 Å². The van der Waals surface area contributed by atoms with Crippen LogP contribution in [0, 0.1) is 17.2 Å². The third kappa shape index (κ3) is 7.36. The molecular formula is C26H30N4O4. The first-order valence-corrected chi connectivity index (χ1v) is 11.3. The fraction of sp³-hybridized carbons (Fsp3) is 0.346. The monoisotopic (exact) mass is 462 g/mol. The van der Waals surface area contributed by atoms with E-state index in [9.17, 15) is 9.59 Å². The smallest absolute Gasteiger partial charge is 0.248 e. The Bertz CT molecular complexity index is 1050. The Morgan fingerprint density at radius 1 is 1.18 bits per heavy atom. The van der Waals surface area contributed by atoms with Crippen LogP contribution in [0.2, 0.25) is 0 Å². The molecule has 0 bridgehead atoms. The predicted molar refractivity (Wildman–Crippen MR) is 130 cm³/mol. The predicted octanol–water partition coefficient (Wildman–Crippen LogP) is 2.99. The molecule has 3 rings (SSSR count). The second kappa shape index (κ2) is 12.4. The molecule has 3 N–H and O–H groups in total. The van der Waals surface area contributed by atoms with E-state index in [1.165, 1.54) is 18.7 Å². The van der Waals surface area contributed by atoms with E-state index >= 15 is 0 Å². The number of nitrogens with one attached hydrogen (secondary N) is 1. The maximum absolute atomic E-state index is 12.3. The number of hydrogen-bond acceptors (Lipinski definition) is 6. The molecule has 0 aliphatic carbocycles. The molecule has 0 saturated carbocycles. The number of nitriles is 1. The minimum absolute atomic E-state index is 0.0121. The number of ether oxygens (including phenoxy) is 2. The number of anilines is 1. The van der Waals surface area contributed by atoms with Crippen LogP contribution in [0.25, 0.3) is 6.08 Å². The molecule has 0 unspecified atom stereocenters. The molecule has 0 spiro atoms. The van der Waals surface area contributed by atoms with Gasteiger partial charge >= 0.3 is 0 Å². The third-order valence-corrected chi connectivity index (χ3v) is 5.84. The van der Waals surface area contributed by atoms with E-state index in [0.717, 1.165) is 50.1 Å². The minimum Gasteiger partial charge on any atom is -0.493 e. The number of carbonyl (C=O) groups is 2. The molecule has 0 atom stereocenters. The number of likely N-dealkylation sites (tertiary alicyclic amines) is 1. The van der Waals surface area contributed by atoms with Crippen molar-refractivity contribution < 1.29 is 19.1 Å². The number of nitrogens with two attached hydrogens (primary N) is 1. The van der Waals surface area contributed by atoms with Gasteiger partial charge in [-0.05, 0) is 73.8 Å². The first-order valence-electron chi connectivity index (χ1n) is 11.3. The van der Waals surface area contributed by atoms with Crippen LogP contribution < -0.4 is 20.5 Å². The van der Waals surface area contributed by atoms with Crippen molar-refractivity contribution >= 4 is 23.6 Å². The highest BCUT2D eigenvalue weighted by Gasteiger charge is 2.22. The van der Waals surface area contributed by atoms with Gasteiger partial charge in [0.1, 0.15) is 6.07 Å². The Kier molecular flexibility index (Phi) is 9.06. The maximum Gasteiger partial charge on any atom is 0.248 e. The number of hydrogen-bond donors (Lipinski definition) is 2. The van der Waals surface area contributed by atoms with Crippen molar-refractivity contribution in [2.75, 3.05) is 38.7 Å². The molecule has 1 aliphatic heterocycles. The number of rotatable bonds is 10. The molecule has 1 aliphatic rings. The van der Waals surface area contributed by atoms with Gasteiger partial charge < -0.3 is 25.4 Å². The standard InChI is InChI=1S/C26H30N4O4/c1-33-24-18-20(4-8-23(24)34-17-13-27)5-9-25(31)29-22-6-2-19(3-7-22)10-14-30-15-11-21(12-16-30)26(28)32/h2-9,18,21H,10-12,14-17H2,1H3,(H2,28,32)(H,29,31)/b9-5-. The minimum atomic E-state index is -0.242. The molecule has 178 valence electrons. The van der Waals surface area contributed by atoms with Crippen LogP contribution in [0.1, 0.15) is 24.0 Å². The lowest BCUT2D eigenvalue weighted by atomic mass is 9.96. The Balaban J connectivity index is 1.47. The molecular weight excluding hydrogens is 432 g/mol. The van der Waals surface area contributed by atoms with Gasteiger partial charge in [0.05, 0.1) is 7.11 Å². The van der Waals surface area contributed by atoms with Crippen molar-refractivity contribution in [3.05, 3.63) is 59.7 Å². The maximum atomic E-state index is 12.3. The molecule has 2 aromatic rings. The SMILES string of the molecule is COc1cc(/C=C\C(=O)Nc2ccc(CCN3CCC(C(N)=O)CC3)cc2)ccc1OCC#N. The highest BCUT2D eigenvalue weighted by Crippen LogP contribution is 2.28. The second-order valence-electron chi connectivity index (χ2n) is 8.14. The molecule has 8 heteroatoms. The molecule has 1 saturated heterocycles. The zero-order chi connectivity index (χ0) is 24.3. The molecule has 0 aromatic heterocycles. The van der Waals surface area contributed by atoms with Gasteiger partial charge in [0.2, 0.25) is 11.8 Å². The largest absolute Gasteiger partial charge is 0.493 e. The van der Waals surface area contributed by atoms with Crippen LogP contribution in [-0.4, -0.2) is 50.1 Å². The average Bonchev–Trinajstić information content (AvgIpc) is 2.86. The fourth-order valence-corrected chi connectivity index (χ4v) is 3.86. The van der Waals surface area contributed by atoms with Gasteiger partial charge in [-0.15, -0.1) is 0 Å². The summed E-state index contributed by atoms with van der Waals surface area (Å²) in [5.74, 6) is 0.546. The van der Waals surface area contributed by atoms with Crippen molar-refractivity contribution in [2.45, 2.75) is 19.3 Å². The summed E-state index contributed by atoms with van der Waals surface area (Å²) in [6.07, 6.45) is 5.71. The van der Waals surface area contributed by atoms with E-state index < -0.39 is 0 Å². The van der Waals surface area contributed by atoms with Gasteiger partial charge in [-0.1, -0.05) is 18.2 Å². The molecule has 1 heterocycles. The van der Waals surface area contributed by atoms with Gasteiger partial charge in [0.25, 0.3) is 0 Å². The normalized spacial score (nSPS) is 14.5. The van der Waals surface area contributed by atoms with Crippen LogP contribution in [-0.2, 0) is 16.0 Å². The number of benzene rings is 2. The van der Waals surface area contributed by atoms with E-state index in [-0.39, 0.29) is 24.3 Å². The molecule has 2 aromatic carbocycles. The average molecular weight is 463 g/mol. The van der Waals surface area contributed by atoms with Crippen molar-refractivity contribution in [2.24, 2.45) is 11.7 Å². The second-order valence-corrected chi connectivity index (χ2v) is 8.14. The fourth-order valence-electron chi connectivity index (χ4n) is 3.86. The van der Waals surface area contributed by atoms with E-state index in [1.807, 2.05) is 30.3 Å². The molecule has 0 radical (unpaired) electrons. The lowest BCUT2D eigenvalue weighted by Crippen LogP contribution is -2.39. The first kappa shape index (κ1) is 24.8. The Morgan fingerprint density at radius 2 is 1.91 bits per heavy atom. The highest BCUT2D eigenvalue weighted by molar-refractivity contribution is 6.01. The number of carbonyl (C=O) groups excluding carboxylic acids is 2. The lowest BCUT2D eigenvalue weighted by molar-refractivity contribution is -0.123. The summed E-state index contributed by atoms with van der Waals surface area (Å²) < 4.78 is 10.6. The van der Waals surface area contributed by atoms with Crippen LogP contribution in [0.4, 0.5) is 5.69 Å².